The Kier molecular flexibility index (Phi) is 3.69. The SMILES string of the molecule is CCC(C)(C)OC(=O)NCc1cnc2[nH]ccc2n1. The maximum absolute atomic E-state index is 11.6. The smallest absolute Gasteiger partial charge is 0.407 e. The van der Waals surface area contributed by atoms with E-state index < -0.39 is 11.7 Å². The Morgan fingerprint density at radius 1 is 1.53 bits per heavy atom. The summed E-state index contributed by atoms with van der Waals surface area (Å²) < 4.78 is 5.28. The second-order valence-corrected chi connectivity index (χ2v) is 4.93. The van der Waals surface area contributed by atoms with E-state index in [1.54, 1.807) is 12.4 Å². The Bertz CT molecular complexity index is 577. The van der Waals surface area contributed by atoms with Crippen LogP contribution >= 0.6 is 0 Å². The van der Waals surface area contributed by atoms with Crippen molar-refractivity contribution in [1.82, 2.24) is 20.3 Å². The number of rotatable bonds is 4. The molecule has 2 N–H and O–H groups in total. The third-order valence-electron chi connectivity index (χ3n) is 2.94. The maximum atomic E-state index is 11.6. The van der Waals surface area contributed by atoms with E-state index in [0.717, 1.165) is 17.6 Å². The standard InChI is InChI=1S/C13H18N4O2/c1-4-13(2,3)19-12(18)16-8-9-7-15-11-10(17-9)5-6-14-11/h5-7H,4,8H2,1-3H3,(H,14,15)(H,16,18). The lowest BCUT2D eigenvalue weighted by Gasteiger charge is -2.23. The van der Waals surface area contributed by atoms with E-state index in [4.69, 9.17) is 4.74 Å². The van der Waals surface area contributed by atoms with Gasteiger partial charge in [0.05, 0.1) is 18.4 Å². The van der Waals surface area contributed by atoms with Crippen LogP contribution in [0.5, 0.6) is 0 Å². The summed E-state index contributed by atoms with van der Waals surface area (Å²) in [6, 6.07) is 1.84. The molecule has 2 rings (SSSR count). The van der Waals surface area contributed by atoms with E-state index in [1.807, 2.05) is 26.8 Å². The fraction of sp³-hybridized carbons (Fsp3) is 0.462. The molecule has 0 spiro atoms. The molecule has 2 heterocycles. The van der Waals surface area contributed by atoms with Gasteiger partial charge in [0.25, 0.3) is 0 Å². The molecule has 0 saturated carbocycles. The molecule has 6 nitrogen and oxygen atoms in total. The minimum absolute atomic E-state index is 0.298. The van der Waals surface area contributed by atoms with Gasteiger partial charge < -0.3 is 15.0 Å². The van der Waals surface area contributed by atoms with Crippen LogP contribution in [-0.2, 0) is 11.3 Å². The molecule has 0 bridgehead atoms. The molecule has 0 aliphatic rings. The molecule has 19 heavy (non-hydrogen) atoms. The van der Waals surface area contributed by atoms with Crippen molar-refractivity contribution in [3.05, 3.63) is 24.2 Å². The lowest BCUT2D eigenvalue weighted by molar-refractivity contribution is 0.0359. The number of carbonyl (C=O) groups is 1. The van der Waals surface area contributed by atoms with Gasteiger partial charge in [-0.3, -0.25) is 0 Å². The predicted octanol–water partition coefficient (Wildman–Crippen LogP) is 2.37. The van der Waals surface area contributed by atoms with Crippen LogP contribution in [0.4, 0.5) is 4.79 Å². The van der Waals surface area contributed by atoms with Gasteiger partial charge in [-0.2, -0.15) is 0 Å². The van der Waals surface area contributed by atoms with Gasteiger partial charge in [-0.1, -0.05) is 6.92 Å². The molecule has 1 amide bonds. The lowest BCUT2D eigenvalue weighted by atomic mass is 10.1. The highest BCUT2D eigenvalue weighted by Gasteiger charge is 2.20. The highest BCUT2D eigenvalue weighted by atomic mass is 16.6. The third-order valence-corrected chi connectivity index (χ3v) is 2.94. The Balaban J connectivity index is 1.93. The minimum atomic E-state index is -0.458. The number of nitrogens with zero attached hydrogens (tertiary/aromatic N) is 2. The highest BCUT2D eigenvalue weighted by Crippen LogP contribution is 2.13. The first kappa shape index (κ1) is 13.3. The zero-order valence-corrected chi connectivity index (χ0v) is 11.4. The summed E-state index contributed by atoms with van der Waals surface area (Å²) in [4.78, 5) is 23.1. The first-order chi connectivity index (χ1) is 9.00. The molecular weight excluding hydrogens is 244 g/mol. The average molecular weight is 262 g/mol. The molecule has 0 aliphatic carbocycles. The molecule has 0 aromatic carbocycles. The molecule has 0 atom stereocenters. The van der Waals surface area contributed by atoms with Gasteiger partial charge >= 0.3 is 6.09 Å². The number of nitrogens with one attached hydrogen (secondary N) is 2. The van der Waals surface area contributed by atoms with Crippen molar-refractivity contribution in [3.63, 3.8) is 0 Å². The summed E-state index contributed by atoms with van der Waals surface area (Å²) in [7, 11) is 0. The van der Waals surface area contributed by atoms with Crippen molar-refractivity contribution in [1.29, 1.82) is 0 Å². The van der Waals surface area contributed by atoms with Crippen LogP contribution in [0.1, 0.15) is 32.9 Å². The van der Waals surface area contributed by atoms with E-state index in [0.29, 0.717) is 12.2 Å². The normalized spacial score (nSPS) is 11.5. The lowest BCUT2D eigenvalue weighted by Crippen LogP contribution is -2.34. The minimum Gasteiger partial charge on any atom is -0.444 e. The van der Waals surface area contributed by atoms with Crippen molar-refractivity contribution in [2.45, 2.75) is 39.3 Å². The molecule has 0 unspecified atom stereocenters. The van der Waals surface area contributed by atoms with Crippen LogP contribution in [0.3, 0.4) is 0 Å². The monoisotopic (exact) mass is 262 g/mol. The molecule has 6 heteroatoms. The first-order valence-corrected chi connectivity index (χ1v) is 6.26. The Labute approximate surface area is 111 Å². The summed E-state index contributed by atoms with van der Waals surface area (Å²) in [5.74, 6) is 0. The van der Waals surface area contributed by atoms with Crippen LogP contribution in [0.15, 0.2) is 18.5 Å². The number of H-pyrrole nitrogens is 1. The number of amides is 1. The fourth-order valence-electron chi connectivity index (χ4n) is 1.48. The Hall–Kier alpha value is -2.11. The van der Waals surface area contributed by atoms with Gasteiger partial charge in [0, 0.05) is 6.20 Å². The number of aromatic nitrogens is 3. The van der Waals surface area contributed by atoms with Gasteiger partial charge in [0.2, 0.25) is 0 Å². The van der Waals surface area contributed by atoms with Crippen LogP contribution < -0.4 is 5.32 Å². The number of hydrogen-bond donors (Lipinski definition) is 2. The summed E-state index contributed by atoms with van der Waals surface area (Å²) >= 11 is 0. The van der Waals surface area contributed by atoms with Crippen molar-refractivity contribution in [3.8, 4) is 0 Å². The third kappa shape index (κ3) is 3.43. The molecule has 2 aromatic rings. The van der Waals surface area contributed by atoms with Gasteiger partial charge in [-0.25, -0.2) is 14.8 Å². The van der Waals surface area contributed by atoms with E-state index in [9.17, 15) is 4.79 Å². The Morgan fingerprint density at radius 2 is 2.32 bits per heavy atom. The number of ether oxygens (including phenoxy) is 1. The summed E-state index contributed by atoms with van der Waals surface area (Å²) in [5.41, 5.74) is 1.75. The van der Waals surface area contributed by atoms with Crippen LogP contribution in [-0.4, -0.2) is 26.6 Å². The van der Waals surface area contributed by atoms with Crippen molar-refractivity contribution < 1.29 is 9.53 Å². The maximum Gasteiger partial charge on any atom is 0.407 e. The summed E-state index contributed by atoms with van der Waals surface area (Å²) in [6.07, 6.45) is 3.72. The van der Waals surface area contributed by atoms with Gasteiger partial charge in [-0.05, 0) is 26.3 Å². The van der Waals surface area contributed by atoms with E-state index in [-0.39, 0.29) is 0 Å². The quantitative estimate of drug-likeness (QED) is 0.886. The topological polar surface area (TPSA) is 79.9 Å². The highest BCUT2D eigenvalue weighted by molar-refractivity contribution is 5.70. The van der Waals surface area contributed by atoms with Gasteiger partial charge in [-0.15, -0.1) is 0 Å². The largest absolute Gasteiger partial charge is 0.444 e. The number of carbonyl (C=O) groups excluding carboxylic acids is 1. The molecule has 0 aliphatic heterocycles. The van der Waals surface area contributed by atoms with E-state index >= 15 is 0 Å². The predicted molar refractivity (Wildman–Crippen MR) is 71.6 cm³/mol. The zero-order valence-electron chi connectivity index (χ0n) is 11.4. The fourth-order valence-corrected chi connectivity index (χ4v) is 1.48. The number of fused-ring (bicyclic) bond motifs is 1. The molecule has 0 fully saturated rings. The summed E-state index contributed by atoms with van der Waals surface area (Å²) in [5, 5.41) is 2.67. The van der Waals surface area contributed by atoms with Gasteiger partial charge in [0.15, 0.2) is 5.65 Å². The van der Waals surface area contributed by atoms with Crippen LogP contribution in [0.25, 0.3) is 11.2 Å². The number of hydrogen-bond acceptors (Lipinski definition) is 4. The molecule has 0 saturated heterocycles. The molecule has 102 valence electrons. The molecule has 0 radical (unpaired) electrons. The van der Waals surface area contributed by atoms with E-state index in [2.05, 4.69) is 20.3 Å². The number of aromatic amines is 1. The van der Waals surface area contributed by atoms with Crippen LogP contribution in [0.2, 0.25) is 0 Å². The number of alkyl carbamates (subject to hydrolysis) is 1. The van der Waals surface area contributed by atoms with E-state index in [1.165, 1.54) is 0 Å². The Morgan fingerprint density at radius 3 is 3.05 bits per heavy atom. The van der Waals surface area contributed by atoms with Crippen molar-refractivity contribution >= 4 is 17.3 Å². The molecule has 2 aromatic heterocycles. The first-order valence-electron chi connectivity index (χ1n) is 6.26. The van der Waals surface area contributed by atoms with Gasteiger partial charge in [0.1, 0.15) is 11.1 Å². The van der Waals surface area contributed by atoms with Crippen LogP contribution in [0, 0.1) is 0 Å². The molecular formula is C13H18N4O2. The van der Waals surface area contributed by atoms with Crippen molar-refractivity contribution in [2.75, 3.05) is 0 Å². The van der Waals surface area contributed by atoms with Crippen molar-refractivity contribution in [2.24, 2.45) is 0 Å². The average Bonchev–Trinajstić information content (AvgIpc) is 2.83. The zero-order chi connectivity index (χ0) is 13.9. The second-order valence-electron chi connectivity index (χ2n) is 4.93. The summed E-state index contributed by atoms with van der Waals surface area (Å²) in [6.45, 7) is 6.02. The second kappa shape index (κ2) is 5.26.